The lowest BCUT2D eigenvalue weighted by Crippen LogP contribution is -2.43. The van der Waals surface area contributed by atoms with Crippen LogP contribution in [0.25, 0.3) is 0 Å². The normalized spacial score (nSPS) is 16.5. The van der Waals surface area contributed by atoms with Gasteiger partial charge in [-0.25, -0.2) is 0 Å². The highest BCUT2D eigenvalue weighted by molar-refractivity contribution is 14.1. The third kappa shape index (κ3) is 6.53. The second-order valence-electron chi connectivity index (χ2n) is 6.07. The van der Waals surface area contributed by atoms with E-state index < -0.39 is 0 Å². The van der Waals surface area contributed by atoms with Crippen molar-refractivity contribution in [1.82, 2.24) is 0 Å². The van der Waals surface area contributed by atoms with Crippen LogP contribution in [0.2, 0.25) is 0 Å². The summed E-state index contributed by atoms with van der Waals surface area (Å²) in [5.74, 6) is 0.967. The van der Waals surface area contributed by atoms with E-state index in [1.54, 1.807) is 0 Å². The predicted molar refractivity (Wildman–Crippen MR) is 92.9 cm³/mol. The quantitative estimate of drug-likeness (QED) is 0.430. The van der Waals surface area contributed by atoms with Crippen LogP contribution in [0.3, 0.4) is 0 Å². The molecular formula is C17H25IO3. The van der Waals surface area contributed by atoms with Crippen LogP contribution in [-0.4, -0.2) is 33.0 Å². The van der Waals surface area contributed by atoms with Crippen molar-refractivity contribution in [2.24, 2.45) is 5.41 Å². The van der Waals surface area contributed by atoms with E-state index >= 15 is 0 Å². The monoisotopic (exact) mass is 404 g/mol. The third-order valence-electron chi connectivity index (χ3n) is 3.62. The summed E-state index contributed by atoms with van der Waals surface area (Å²) in [5, 5.41) is 0. The van der Waals surface area contributed by atoms with Gasteiger partial charge < -0.3 is 14.2 Å². The fourth-order valence-electron chi connectivity index (χ4n) is 2.23. The molecule has 3 nitrogen and oxygen atoms in total. The van der Waals surface area contributed by atoms with E-state index in [0.29, 0.717) is 0 Å². The molecule has 21 heavy (non-hydrogen) atoms. The van der Waals surface area contributed by atoms with E-state index in [4.69, 9.17) is 14.2 Å². The number of hydrogen-bond acceptors (Lipinski definition) is 3. The Balaban J connectivity index is 1.39. The third-order valence-corrected chi connectivity index (χ3v) is 4.34. The molecule has 0 aliphatic carbocycles. The van der Waals surface area contributed by atoms with Gasteiger partial charge in [-0.2, -0.15) is 0 Å². The van der Waals surface area contributed by atoms with Crippen LogP contribution in [-0.2, 0) is 9.47 Å². The van der Waals surface area contributed by atoms with Crippen molar-refractivity contribution >= 4 is 22.6 Å². The predicted octanol–water partition coefficient (Wildman–Crippen LogP) is 4.28. The molecule has 1 aliphatic heterocycles. The van der Waals surface area contributed by atoms with E-state index in [1.165, 1.54) is 16.4 Å². The maximum Gasteiger partial charge on any atom is 0.119 e. The Bertz CT molecular complexity index is 401. The molecule has 0 atom stereocenters. The molecule has 1 aromatic carbocycles. The molecule has 1 aliphatic rings. The summed E-state index contributed by atoms with van der Waals surface area (Å²) in [6, 6.07) is 8.20. The molecule has 4 heteroatoms. The summed E-state index contributed by atoms with van der Waals surface area (Å²) >= 11 is 2.30. The molecule has 1 fully saturated rings. The van der Waals surface area contributed by atoms with E-state index in [9.17, 15) is 0 Å². The summed E-state index contributed by atoms with van der Waals surface area (Å²) in [6.07, 6.45) is 4.66. The largest absolute Gasteiger partial charge is 0.494 e. The minimum Gasteiger partial charge on any atom is -0.494 e. The van der Waals surface area contributed by atoms with Crippen molar-refractivity contribution in [2.75, 3.05) is 33.0 Å². The zero-order valence-corrected chi connectivity index (χ0v) is 14.9. The zero-order valence-electron chi connectivity index (χ0n) is 12.8. The summed E-state index contributed by atoms with van der Waals surface area (Å²) in [5.41, 5.74) is 0.279. The maximum atomic E-state index is 5.72. The lowest BCUT2D eigenvalue weighted by atomic mass is 9.90. The van der Waals surface area contributed by atoms with Crippen molar-refractivity contribution in [1.29, 1.82) is 0 Å². The number of benzene rings is 1. The second-order valence-corrected chi connectivity index (χ2v) is 7.32. The Morgan fingerprint density at radius 2 is 1.71 bits per heavy atom. The number of ether oxygens (including phenoxy) is 3. The topological polar surface area (TPSA) is 27.7 Å². The van der Waals surface area contributed by atoms with Crippen LogP contribution in [0.5, 0.6) is 5.75 Å². The molecule has 1 saturated heterocycles. The van der Waals surface area contributed by atoms with Gasteiger partial charge >= 0.3 is 0 Å². The van der Waals surface area contributed by atoms with Gasteiger partial charge in [-0.15, -0.1) is 0 Å². The Labute approximate surface area is 141 Å². The van der Waals surface area contributed by atoms with Gasteiger partial charge in [-0.05, 0) is 66.1 Å². The molecule has 118 valence electrons. The van der Waals surface area contributed by atoms with Crippen molar-refractivity contribution in [3.63, 3.8) is 0 Å². The van der Waals surface area contributed by atoms with E-state index in [2.05, 4.69) is 41.6 Å². The molecule has 0 N–H and O–H groups in total. The van der Waals surface area contributed by atoms with Gasteiger partial charge in [-0.3, -0.25) is 0 Å². The average molecular weight is 404 g/mol. The summed E-state index contributed by atoms with van der Waals surface area (Å²) in [7, 11) is 0. The van der Waals surface area contributed by atoms with Gasteiger partial charge in [0.05, 0.1) is 26.4 Å². The molecule has 0 spiro atoms. The van der Waals surface area contributed by atoms with Gasteiger partial charge in [0.15, 0.2) is 0 Å². The van der Waals surface area contributed by atoms with Gasteiger partial charge in [0, 0.05) is 15.6 Å². The summed E-state index contributed by atoms with van der Waals surface area (Å²) < 4.78 is 17.9. The van der Waals surface area contributed by atoms with Crippen molar-refractivity contribution in [2.45, 2.75) is 32.6 Å². The van der Waals surface area contributed by atoms with Crippen molar-refractivity contribution < 1.29 is 14.2 Å². The average Bonchev–Trinajstić information content (AvgIpc) is 2.45. The molecular weight excluding hydrogens is 379 g/mol. The van der Waals surface area contributed by atoms with Gasteiger partial charge in [-0.1, -0.05) is 13.3 Å². The summed E-state index contributed by atoms with van der Waals surface area (Å²) in [6.45, 7) is 6.43. The van der Waals surface area contributed by atoms with Gasteiger partial charge in [0.2, 0.25) is 0 Å². The Hall–Kier alpha value is -0.330. The molecule has 1 heterocycles. The minimum atomic E-state index is 0.279. The Kier molecular flexibility index (Phi) is 7.26. The van der Waals surface area contributed by atoms with Gasteiger partial charge in [0.1, 0.15) is 5.75 Å². The number of hydrogen-bond donors (Lipinski definition) is 0. The first-order valence-electron chi connectivity index (χ1n) is 7.72. The van der Waals surface area contributed by atoms with Crippen LogP contribution in [0, 0.1) is 8.99 Å². The first kappa shape index (κ1) is 17.0. The fourth-order valence-corrected chi connectivity index (χ4v) is 2.59. The Morgan fingerprint density at radius 3 is 2.33 bits per heavy atom. The molecule has 0 amide bonds. The second kappa shape index (κ2) is 8.96. The highest BCUT2D eigenvalue weighted by Crippen LogP contribution is 2.26. The Morgan fingerprint density at radius 1 is 1.05 bits per heavy atom. The molecule has 0 unspecified atom stereocenters. The van der Waals surface area contributed by atoms with E-state index in [0.717, 1.165) is 51.6 Å². The maximum absolute atomic E-state index is 5.72. The summed E-state index contributed by atoms with van der Waals surface area (Å²) in [4.78, 5) is 0. The van der Waals surface area contributed by atoms with Crippen molar-refractivity contribution in [3.05, 3.63) is 27.8 Å². The van der Waals surface area contributed by atoms with Crippen LogP contribution in [0.4, 0.5) is 0 Å². The lowest BCUT2D eigenvalue weighted by Gasteiger charge is -2.37. The van der Waals surface area contributed by atoms with E-state index in [-0.39, 0.29) is 5.41 Å². The highest BCUT2D eigenvalue weighted by atomic mass is 127. The van der Waals surface area contributed by atoms with Crippen LogP contribution in [0.1, 0.15) is 32.6 Å². The molecule has 1 aromatic rings. The SMILES string of the molecule is CC1(COCCCCCCOc2ccc(I)cc2)COC1. The van der Waals surface area contributed by atoms with Gasteiger partial charge in [0.25, 0.3) is 0 Å². The fraction of sp³-hybridized carbons (Fsp3) is 0.647. The van der Waals surface area contributed by atoms with E-state index in [1.807, 2.05) is 12.1 Å². The molecule has 2 rings (SSSR count). The number of rotatable bonds is 10. The van der Waals surface area contributed by atoms with Crippen LogP contribution in [0.15, 0.2) is 24.3 Å². The number of unbranched alkanes of at least 4 members (excludes halogenated alkanes) is 3. The highest BCUT2D eigenvalue weighted by Gasteiger charge is 2.33. The first-order valence-corrected chi connectivity index (χ1v) is 8.80. The molecule has 0 aromatic heterocycles. The van der Waals surface area contributed by atoms with Crippen molar-refractivity contribution in [3.8, 4) is 5.75 Å². The smallest absolute Gasteiger partial charge is 0.119 e. The first-order chi connectivity index (χ1) is 10.2. The van der Waals surface area contributed by atoms with Crippen LogP contribution < -0.4 is 4.74 Å². The molecule has 0 bridgehead atoms. The molecule has 0 radical (unpaired) electrons. The minimum absolute atomic E-state index is 0.279. The van der Waals surface area contributed by atoms with Crippen LogP contribution >= 0.6 is 22.6 Å². The zero-order chi connectivity index (χ0) is 15.0. The standard InChI is InChI=1S/C17H25IO3/c1-17(13-20-14-17)12-19-10-4-2-3-5-11-21-16-8-6-15(18)7-9-16/h6-9H,2-5,10-14H2,1H3. The molecule has 0 saturated carbocycles. The lowest BCUT2D eigenvalue weighted by molar-refractivity contribution is -0.137. The number of halogens is 1.